The van der Waals surface area contributed by atoms with E-state index in [1.807, 2.05) is 0 Å². The monoisotopic (exact) mass is 380 g/mol. The zero-order valence-electron chi connectivity index (χ0n) is 9.52. The Kier molecular flexibility index (Phi) is 4.62. The molecule has 0 unspecified atom stereocenters. The van der Waals surface area contributed by atoms with Gasteiger partial charge >= 0.3 is 6.03 Å². The minimum absolute atomic E-state index is 0.368. The number of hydrogen-bond donors (Lipinski definition) is 1. The van der Waals surface area contributed by atoms with Crippen molar-refractivity contribution in [2.24, 2.45) is 0 Å². The molecule has 9 heteroatoms. The fraction of sp³-hybridized carbons (Fsp3) is 0.100. The van der Waals surface area contributed by atoms with Crippen LogP contribution in [0.3, 0.4) is 0 Å². The number of urea groups is 1. The highest BCUT2D eigenvalue weighted by atomic mass is 79.9. The van der Waals surface area contributed by atoms with E-state index in [0.29, 0.717) is 24.8 Å². The van der Waals surface area contributed by atoms with Gasteiger partial charge in [-0.1, -0.05) is 34.5 Å². The van der Waals surface area contributed by atoms with Crippen LogP contribution in [0.15, 0.2) is 22.1 Å². The molecule has 2 aromatic rings. The molecule has 1 aromatic heterocycles. The SMILES string of the molecule is CN(C(=O)Nc1ccc(Cl)cc1Cl)c1nnc(Br)s1. The first-order chi connectivity index (χ1) is 8.97. The van der Waals surface area contributed by atoms with Gasteiger partial charge in [0.05, 0.1) is 10.7 Å². The second kappa shape index (κ2) is 6.04. The minimum Gasteiger partial charge on any atom is -0.306 e. The van der Waals surface area contributed by atoms with Crippen molar-refractivity contribution in [3.8, 4) is 0 Å². The quantitative estimate of drug-likeness (QED) is 0.844. The van der Waals surface area contributed by atoms with E-state index in [1.54, 1.807) is 25.2 Å². The van der Waals surface area contributed by atoms with Crippen molar-refractivity contribution in [3.63, 3.8) is 0 Å². The van der Waals surface area contributed by atoms with Crippen molar-refractivity contribution >= 4 is 67.3 Å². The highest BCUT2D eigenvalue weighted by Crippen LogP contribution is 2.27. The molecule has 1 heterocycles. The molecule has 0 fully saturated rings. The Morgan fingerprint density at radius 1 is 1.42 bits per heavy atom. The molecule has 19 heavy (non-hydrogen) atoms. The average molecular weight is 382 g/mol. The molecule has 2 amide bonds. The molecule has 1 N–H and O–H groups in total. The van der Waals surface area contributed by atoms with Crippen LogP contribution in [0.25, 0.3) is 0 Å². The van der Waals surface area contributed by atoms with Gasteiger partial charge in [0.1, 0.15) is 0 Å². The van der Waals surface area contributed by atoms with Crippen molar-refractivity contribution < 1.29 is 4.79 Å². The van der Waals surface area contributed by atoms with Crippen molar-refractivity contribution in [2.75, 3.05) is 17.3 Å². The van der Waals surface area contributed by atoms with E-state index in [-0.39, 0.29) is 6.03 Å². The van der Waals surface area contributed by atoms with Gasteiger partial charge in [-0.15, -0.1) is 10.2 Å². The van der Waals surface area contributed by atoms with Crippen LogP contribution < -0.4 is 10.2 Å². The standard InChI is InChI=1S/C10H7BrCl2N4OS/c1-17(10-16-15-8(11)19-10)9(18)14-7-3-2-5(12)4-6(7)13/h2-4H,1H3,(H,14,18). The van der Waals surface area contributed by atoms with Crippen LogP contribution in [0.1, 0.15) is 0 Å². The third-order valence-corrected chi connectivity index (χ3v) is 4.13. The van der Waals surface area contributed by atoms with Crippen LogP contribution in [0.5, 0.6) is 0 Å². The predicted octanol–water partition coefficient (Wildman–Crippen LogP) is 4.28. The number of anilines is 2. The lowest BCUT2D eigenvalue weighted by Gasteiger charge is -2.15. The lowest BCUT2D eigenvalue weighted by atomic mass is 10.3. The predicted molar refractivity (Wildman–Crippen MR) is 81.5 cm³/mol. The average Bonchev–Trinajstić information content (AvgIpc) is 2.78. The zero-order chi connectivity index (χ0) is 14.0. The number of benzene rings is 1. The first-order valence-electron chi connectivity index (χ1n) is 4.96. The van der Waals surface area contributed by atoms with Gasteiger partial charge in [-0.05, 0) is 34.1 Å². The van der Waals surface area contributed by atoms with Gasteiger partial charge in [-0.25, -0.2) is 4.79 Å². The Morgan fingerprint density at radius 2 is 2.16 bits per heavy atom. The molecule has 0 spiro atoms. The van der Waals surface area contributed by atoms with Gasteiger partial charge in [0, 0.05) is 12.1 Å². The number of nitrogens with zero attached hydrogens (tertiary/aromatic N) is 3. The Hall–Kier alpha value is -0.890. The second-order valence-electron chi connectivity index (χ2n) is 3.45. The number of carbonyl (C=O) groups excluding carboxylic acids is 1. The number of amides is 2. The molecule has 0 saturated carbocycles. The number of carbonyl (C=O) groups is 1. The molecular formula is C10H7BrCl2N4OS. The van der Waals surface area contributed by atoms with Gasteiger partial charge < -0.3 is 5.32 Å². The third-order valence-electron chi connectivity index (χ3n) is 2.15. The number of rotatable bonds is 2. The van der Waals surface area contributed by atoms with E-state index in [9.17, 15) is 4.79 Å². The third kappa shape index (κ3) is 3.56. The summed E-state index contributed by atoms with van der Waals surface area (Å²) in [5.74, 6) is 0. The highest BCUT2D eigenvalue weighted by molar-refractivity contribution is 9.11. The van der Waals surface area contributed by atoms with Crippen molar-refractivity contribution in [2.45, 2.75) is 0 Å². The second-order valence-corrected chi connectivity index (χ2v) is 6.53. The molecule has 0 bridgehead atoms. The van der Waals surface area contributed by atoms with Crippen LogP contribution in [0.4, 0.5) is 15.6 Å². The largest absolute Gasteiger partial charge is 0.327 e. The summed E-state index contributed by atoms with van der Waals surface area (Å²) >= 11 is 16.2. The summed E-state index contributed by atoms with van der Waals surface area (Å²) < 4.78 is 0.603. The molecular weight excluding hydrogens is 375 g/mol. The number of halogens is 3. The zero-order valence-corrected chi connectivity index (χ0v) is 13.4. The summed E-state index contributed by atoms with van der Waals surface area (Å²) in [6.45, 7) is 0. The fourth-order valence-electron chi connectivity index (χ4n) is 1.21. The maximum atomic E-state index is 12.0. The number of nitrogens with one attached hydrogen (secondary N) is 1. The molecule has 0 aliphatic heterocycles. The van der Waals surface area contributed by atoms with Crippen LogP contribution in [0, 0.1) is 0 Å². The van der Waals surface area contributed by atoms with Crippen molar-refractivity contribution in [1.82, 2.24) is 10.2 Å². The van der Waals surface area contributed by atoms with E-state index in [2.05, 4.69) is 31.4 Å². The summed E-state index contributed by atoms with van der Waals surface area (Å²) in [6, 6.07) is 4.46. The van der Waals surface area contributed by atoms with Gasteiger partial charge in [0.2, 0.25) is 5.13 Å². The molecule has 2 rings (SSSR count). The molecule has 100 valence electrons. The van der Waals surface area contributed by atoms with Gasteiger partial charge in [-0.3, -0.25) is 4.90 Å². The molecule has 0 saturated heterocycles. The van der Waals surface area contributed by atoms with Crippen LogP contribution >= 0.6 is 50.5 Å². The fourth-order valence-corrected chi connectivity index (χ4v) is 2.71. The highest BCUT2D eigenvalue weighted by Gasteiger charge is 2.16. The summed E-state index contributed by atoms with van der Waals surface area (Å²) in [7, 11) is 1.59. The van der Waals surface area contributed by atoms with Crippen molar-refractivity contribution in [3.05, 3.63) is 32.2 Å². The maximum Gasteiger partial charge on any atom is 0.327 e. The van der Waals surface area contributed by atoms with E-state index in [0.717, 1.165) is 0 Å². The van der Waals surface area contributed by atoms with Gasteiger partial charge in [0.15, 0.2) is 3.92 Å². The van der Waals surface area contributed by atoms with Crippen LogP contribution in [-0.2, 0) is 0 Å². The van der Waals surface area contributed by atoms with Crippen molar-refractivity contribution in [1.29, 1.82) is 0 Å². The first kappa shape index (κ1) is 14.5. The lowest BCUT2D eigenvalue weighted by Crippen LogP contribution is -2.31. The number of hydrogen-bond acceptors (Lipinski definition) is 4. The van der Waals surface area contributed by atoms with Gasteiger partial charge in [0.25, 0.3) is 0 Å². The summed E-state index contributed by atoms with van der Waals surface area (Å²) in [5.41, 5.74) is 0.478. The molecule has 5 nitrogen and oxygen atoms in total. The normalized spacial score (nSPS) is 10.3. The molecule has 0 atom stereocenters. The summed E-state index contributed by atoms with van der Waals surface area (Å²) in [5, 5.41) is 11.6. The molecule has 0 aliphatic carbocycles. The maximum absolute atomic E-state index is 12.0. The Bertz CT molecular complexity index is 621. The van der Waals surface area contributed by atoms with E-state index in [4.69, 9.17) is 23.2 Å². The molecule has 1 aromatic carbocycles. The van der Waals surface area contributed by atoms with Crippen LogP contribution in [-0.4, -0.2) is 23.3 Å². The van der Waals surface area contributed by atoms with E-state index < -0.39 is 0 Å². The first-order valence-corrected chi connectivity index (χ1v) is 7.32. The molecule has 0 radical (unpaired) electrons. The Balaban J connectivity index is 2.12. The number of aromatic nitrogens is 2. The Morgan fingerprint density at radius 3 is 2.74 bits per heavy atom. The minimum atomic E-state index is -0.368. The van der Waals surface area contributed by atoms with E-state index >= 15 is 0 Å². The Labute approximate surface area is 131 Å². The van der Waals surface area contributed by atoms with Gasteiger partial charge in [-0.2, -0.15) is 0 Å². The smallest absolute Gasteiger partial charge is 0.306 e. The topological polar surface area (TPSA) is 58.1 Å². The van der Waals surface area contributed by atoms with E-state index in [1.165, 1.54) is 16.2 Å². The van der Waals surface area contributed by atoms with Crippen LogP contribution in [0.2, 0.25) is 10.0 Å². The summed E-state index contributed by atoms with van der Waals surface area (Å²) in [6.07, 6.45) is 0. The molecule has 0 aliphatic rings. The summed E-state index contributed by atoms with van der Waals surface area (Å²) in [4.78, 5) is 13.3. The lowest BCUT2D eigenvalue weighted by molar-refractivity contribution is 0.258.